The highest BCUT2D eigenvalue weighted by Gasteiger charge is 2.07. The summed E-state index contributed by atoms with van der Waals surface area (Å²) in [4.78, 5) is 8.68. The van der Waals surface area contributed by atoms with Crippen LogP contribution in [0.4, 0.5) is 0 Å². The summed E-state index contributed by atoms with van der Waals surface area (Å²) in [6.07, 6.45) is 7.55. The Morgan fingerprint density at radius 1 is 1.35 bits per heavy atom. The number of nitrogens with zero attached hydrogens (tertiary/aromatic N) is 2. The molecule has 0 bridgehead atoms. The van der Waals surface area contributed by atoms with Gasteiger partial charge in [0, 0.05) is 23.6 Å². The topological polar surface area (TPSA) is 35.0 Å². The molecule has 20 heavy (non-hydrogen) atoms. The molecule has 1 unspecified atom stereocenters. The molecule has 0 aliphatic rings. The van der Waals surface area contributed by atoms with E-state index in [0.29, 0.717) is 18.4 Å². The number of hydrogen-bond acceptors (Lipinski definition) is 3. The van der Waals surface area contributed by atoms with Crippen molar-refractivity contribution in [2.24, 2.45) is 5.92 Å². The molecule has 2 aromatic rings. The Bertz CT molecular complexity index is 571. The molecular weight excluding hydrogens is 363 g/mol. The molecule has 2 rings (SSSR count). The summed E-state index contributed by atoms with van der Waals surface area (Å²) in [6, 6.07) is 7.83. The fraction of sp³-hybridized carbons (Fsp3) is 0.375. The van der Waals surface area contributed by atoms with E-state index in [2.05, 4.69) is 49.6 Å². The van der Waals surface area contributed by atoms with Crippen molar-refractivity contribution in [2.75, 3.05) is 6.61 Å². The molecule has 0 saturated heterocycles. The Morgan fingerprint density at radius 3 is 3.05 bits per heavy atom. The van der Waals surface area contributed by atoms with Gasteiger partial charge in [-0.3, -0.25) is 0 Å². The molecule has 0 saturated carbocycles. The van der Waals surface area contributed by atoms with Crippen LogP contribution >= 0.6 is 22.6 Å². The lowest BCUT2D eigenvalue weighted by atomic mass is 10.0. The van der Waals surface area contributed by atoms with E-state index in [1.807, 2.05) is 24.3 Å². The summed E-state index contributed by atoms with van der Waals surface area (Å²) in [5.41, 5.74) is 0.736. The van der Waals surface area contributed by atoms with Gasteiger partial charge in [0.25, 0.3) is 0 Å². The van der Waals surface area contributed by atoms with Gasteiger partial charge in [0.1, 0.15) is 0 Å². The van der Waals surface area contributed by atoms with Crippen molar-refractivity contribution in [2.45, 2.75) is 26.2 Å². The molecule has 0 radical (unpaired) electrons. The molecule has 0 N–H and O–H groups in total. The monoisotopic (exact) mass is 382 g/mol. The Balaban J connectivity index is 1.99. The summed E-state index contributed by atoms with van der Waals surface area (Å²) in [5, 5.41) is 1.04. The van der Waals surface area contributed by atoms with Crippen molar-refractivity contribution in [3.8, 4) is 5.88 Å². The number of unbranched alkanes of at least 4 members (excludes halogenated alkanes) is 1. The van der Waals surface area contributed by atoms with E-state index in [1.165, 1.54) is 12.8 Å². The van der Waals surface area contributed by atoms with Crippen molar-refractivity contribution >= 4 is 33.6 Å². The van der Waals surface area contributed by atoms with Crippen molar-refractivity contribution in [1.82, 2.24) is 9.97 Å². The Kier molecular flexibility index (Phi) is 6.24. The minimum absolute atomic E-state index is 0.452. The van der Waals surface area contributed by atoms with Crippen molar-refractivity contribution in [3.63, 3.8) is 0 Å². The molecule has 0 aliphatic heterocycles. The molecule has 1 atom stereocenters. The summed E-state index contributed by atoms with van der Waals surface area (Å²) < 4.78 is 7.89. The second-order valence-corrected chi connectivity index (χ2v) is 5.45. The highest BCUT2D eigenvalue weighted by Crippen LogP contribution is 2.17. The SMILES string of the molecule is CCCCC(C=CI)COc1ccc2cccnc2n1. The van der Waals surface area contributed by atoms with Gasteiger partial charge in [0.05, 0.1) is 6.61 Å². The molecule has 106 valence electrons. The van der Waals surface area contributed by atoms with E-state index in [4.69, 9.17) is 4.74 Å². The molecule has 0 amide bonds. The lowest BCUT2D eigenvalue weighted by Gasteiger charge is -2.13. The van der Waals surface area contributed by atoms with Gasteiger partial charge < -0.3 is 4.74 Å². The predicted molar refractivity (Wildman–Crippen MR) is 91.2 cm³/mol. The second kappa shape index (κ2) is 8.19. The number of pyridine rings is 2. The number of ether oxygens (including phenoxy) is 1. The normalized spacial score (nSPS) is 12.9. The number of aromatic nitrogens is 2. The highest BCUT2D eigenvalue weighted by atomic mass is 127. The molecule has 0 fully saturated rings. The van der Waals surface area contributed by atoms with Crippen molar-refractivity contribution in [3.05, 3.63) is 40.6 Å². The van der Waals surface area contributed by atoms with Gasteiger partial charge in [-0.25, -0.2) is 4.98 Å². The van der Waals surface area contributed by atoms with Crippen LogP contribution in [0.5, 0.6) is 5.88 Å². The van der Waals surface area contributed by atoms with Crippen LogP contribution in [0, 0.1) is 5.92 Å². The van der Waals surface area contributed by atoms with Crippen LogP contribution in [0.15, 0.2) is 40.6 Å². The fourth-order valence-electron chi connectivity index (χ4n) is 2.01. The Labute approximate surface area is 133 Å². The Morgan fingerprint density at radius 2 is 2.25 bits per heavy atom. The third-order valence-corrected chi connectivity index (χ3v) is 3.57. The third-order valence-electron chi connectivity index (χ3n) is 3.16. The van der Waals surface area contributed by atoms with Crippen LogP contribution in [0.3, 0.4) is 0 Å². The molecule has 2 aromatic heterocycles. The number of hydrogen-bond donors (Lipinski definition) is 0. The summed E-state index contributed by atoms with van der Waals surface area (Å²) in [7, 11) is 0. The first kappa shape index (κ1) is 15.2. The van der Waals surface area contributed by atoms with Gasteiger partial charge in [-0.05, 0) is 28.7 Å². The maximum Gasteiger partial charge on any atom is 0.215 e. The molecule has 0 aliphatic carbocycles. The van der Waals surface area contributed by atoms with E-state index in [9.17, 15) is 0 Å². The van der Waals surface area contributed by atoms with Crippen molar-refractivity contribution < 1.29 is 4.74 Å². The predicted octanol–water partition coefficient (Wildman–Crippen LogP) is 4.76. The molecular formula is C16H19IN2O. The summed E-state index contributed by atoms with van der Waals surface area (Å²) in [6.45, 7) is 2.88. The van der Waals surface area contributed by atoms with E-state index in [0.717, 1.165) is 17.5 Å². The van der Waals surface area contributed by atoms with Gasteiger partial charge in [-0.1, -0.05) is 48.4 Å². The van der Waals surface area contributed by atoms with Crippen LogP contribution in [0.1, 0.15) is 26.2 Å². The van der Waals surface area contributed by atoms with E-state index >= 15 is 0 Å². The van der Waals surface area contributed by atoms with Gasteiger partial charge in [-0.15, -0.1) is 0 Å². The first-order valence-electron chi connectivity index (χ1n) is 6.95. The lowest BCUT2D eigenvalue weighted by molar-refractivity contribution is 0.258. The van der Waals surface area contributed by atoms with Crippen LogP contribution in [0.2, 0.25) is 0 Å². The van der Waals surface area contributed by atoms with Crippen LogP contribution in [-0.2, 0) is 0 Å². The smallest absolute Gasteiger partial charge is 0.215 e. The van der Waals surface area contributed by atoms with E-state index < -0.39 is 0 Å². The Hall–Kier alpha value is -1.17. The minimum Gasteiger partial charge on any atom is -0.477 e. The van der Waals surface area contributed by atoms with Crippen LogP contribution in [0.25, 0.3) is 11.0 Å². The average Bonchev–Trinajstić information content (AvgIpc) is 2.50. The second-order valence-electron chi connectivity index (χ2n) is 4.73. The summed E-state index contributed by atoms with van der Waals surface area (Å²) >= 11 is 2.26. The molecule has 3 nitrogen and oxygen atoms in total. The van der Waals surface area contributed by atoms with Crippen LogP contribution in [-0.4, -0.2) is 16.6 Å². The zero-order valence-corrected chi connectivity index (χ0v) is 13.8. The van der Waals surface area contributed by atoms with Gasteiger partial charge in [0.15, 0.2) is 5.65 Å². The van der Waals surface area contributed by atoms with Crippen LogP contribution < -0.4 is 4.74 Å². The zero-order chi connectivity index (χ0) is 14.2. The molecule has 2 heterocycles. The third kappa shape index (κ3) is 4.44. The summed E-state index contributed by atoms with van der Waals surface area (Å²) in [5.74, 6) is 1.10. The average molecular weight is 382 g/mol. The molecule has 0 spiro atoms. The first-order chi connectivity index (χ1) is 9.83. The number of halogens is 1. The first-order valence-corrected chi connectivity index (χ1v) is 8.19. The van der Waals surface area contributed by atoms with E-state index in [-0.39, 0.29) is 0 Å². The van der Waals surface area contributed by atoms with Gasteiger partial charge >= 0.3 is 0 Å². The van der Waals surface area contributed by atoms with E-state index in [1.54, 1.807) is 6.20 Å². The lowest BCUT2D eigenvalue weighted by Crippen LogP contribution is -2.10. The molecule has 0 aromatic carbocycles. The standard InChI is InChI=1S/C16H19IN2O/c1-2-3-5-13(9-10-17)12-20-15-8-7-14-6-4-11-18-16(14)19-15/h4,6-11,13H,2-3,5,12H2,1H3. The van der Waals surface area contributed by atoms with Crippen molar-refractivity contribution in [1.29, 1.82) is 0 Å². The minimum atomic E-state index is 0.452. The number of rotatable bonds is 7. The van der Waals surface area contributed by atoms with Gasteiger partial charge in [-0.2, -0.15) is 4.98 Å². The molecule has 4 heteroatoms. The maximum absolute atomic E-state index is 5.82. The highest BCUT2D eigenvalue weighted by molar-refractivity contribution is 14.1. The quantitative estimate of drug-likeness (QED) is 0.648. The largest absolute Gasteiger partial charge is 0.477 e. The fourth-order valence-corrected chi connectivity index (χ4v) is 2.60. The maximum atomic E-state index is 5.82. The zero-order valence-electron chi connectivity index (χ0n) is 11.6. The number of fused-ring (bicyclic) bond motifs is 1. The van der Waals surface area contributed by atoms with Gasteiger partial charge in [0.2, 0.25) is 5.88 Å².